The molecule has 18 nitrogen and oxygen atoms in total. The molecular weight excluding hydrogens is 1540 g/mol. The number of hydrogen-bond donors (Lipinski definition) is 6. The van der Waals surface area contributed by atoms with Gasteiger partial charge in [0.25, 0.3) is 17.7 Å². The Hall–Kier alpha value is -13.2. The minimum Gasteiger partial charge on any atom is -0.485 e. The maximum atomic E-state index is 14.9. The van der Waals surface area contributed by atoms with E-state index in [4.69, 9.17) is 42.6 Å². The van der Waals surface area contributed by atoms with Crippen LogP contribution in [0, 0.1) is 0 Å². The molecule has 0 fully saturated rings. The first-order valence-corrected chi connectivity index (χ1v) is 42.2. The molecule has 123 heavy (non-hydrogen) atoms. The van der Waals surface area contributed by atoms with Crippen molar-refractivity contribution in [2.75, 3.05) is 19.6 Å². The van der Waals surface area contributed by atoms with Crippen LogP contribution >= 0.6 is 0 Å². The van der Waals surface area contributed by atoms with Crippen LogP contribution in [0.15, 0.2) is 328 Å². The van der Waals surface area contributed by atoms with E-state index in [-0.39, 0.29) is 77.0 Å². The summed E-state index contributed by atoms with van der Waals surface area (Å²) in [7, 11) is 0. The van der Waals surface area contributed by atoms with E-state index in [0.29, 0.717) is 110 Å². The zero-order chi connectivity index (χ0) is 84.8. The van der Waals surface area contributed by atoms with Crippen LogP contribution in [0.1, 0.15) is 135 Å². The molecule has 0 saturated heterocycles. The van der Waals surface area contributed by atoms with Gasteiger partial charge in [0.15, 0.2) is 34.5 Å². The zero-order valence-corrected chi connectivity index (χ0v) is 70.0. The molecule has 3 amide bonds. The topological polar surface area (TPSA) is 206 Å². The van der Waals surface area contributed by atoms with Crippen LogP contribution in [0.25, 0.3) is 0 Å². The molecule has 630 valence electrons. The zero-order valence-electron chi connectivity index (χ0n) is 70.0. The van der Waals surface area contributed by atoms with Gasteiger partial charge in [-0.3, -0.25) is 14.4 Å². The van der Waals surface area contributed by atoms with E-state index in [1.807, 2.05) is 273 Å². The number of carbonyl (C=O) groups excluding carboxylic acids is 3. The van der Waals surface area contributed by atoms with Crippen LogP contribution < -0.4 is 60.3 Å². The maximum Gasteiger partial charge on any atom is 0.253 e. The fourth-order valence-corrected chi connectivity index (χ4v) is 14.5. The summed E-state index contributed by atoms with van der Waals surface area (Å²) >= 11 is 0. The van der Waals surface area contributed by atoms with Gasteiger partial charge in [-0.25, -0.2) is 0 Å². The van der Waals surface area contributed by atoms with Crippen molar-refractivity contribution in [3.63, 3.8) is 0 Å². The predicted octanol–water partition coefficient (Wildman–Crippen LogP) is 19.0. The van der Waals surface area contributed by atoms with Crippen LogP contribution in [0.5, 0.6) is 34.5 Å². The number of hydrogen-bond acceptors (Lipinski definition) is 15. The second-order valence-corrected chi connectivity index (χ2v) is 29.7. The summed E-state index contributed by atoms with van der Waals surface area (Å²) in [6.45, 7) is 10.7. The van der Waals surface area contributed by atoms with Gasteiger partial charge in [-0.2, -0.15) is 0 Å². The highest BCUT2D eigenvalue weighted by Gasteiger charge is 2.27. The standard InChI is InChI=1S/C105H108N6O12/c1-4-88-91(61-106-64-100(121-73-82-46-28-13-29-47-82)109-103(112)85-52-55-94(115-67-76-34-16-7-17-35-76)97(58-85)118-70-79-40-22-10-23-41-79)89(5-2)93(63-108-66-102(123-75-84-50-32-15-33-51-84)111-105(114)87-54-57-96(117-69-78-38-20-9-21-39-78)99(60-87)120-72-81-44-26-12-27-45-81)90(6-3)92(88)62-107-65-101(122-74-83-48-30-14-31-49-83)110-104(113)86-53-56-95(116-68-77-36-18-8-19-37-77)98(59-86)119-71-80-42-24-11-25-43-80/h7-60,100-102,106-108H,4-6,61-75H2,1-3H3,(H,109,112)(H,110,113)(H,111,114). The Kier molecular flexibility index (Phi) is 33.6. The number of amides is 3. The molecule has 0 aliphatic rings. The fraction of sp³-hybridized carbons (Fsp3) is 0.229. The molecule has 3 atom stereocenters. The van der Waals surface area contributed by atoms with E-state index in [1.165, 1.54) is 0 Å². The third-order valence-electron chi connectivity index (χ3n) is 20.9. The molecule has 0 radical (unpaired) electrons. The van der Waals surface area contributed by atoms with Crippen molar-refractivity contribution in [2.24, 2.45) is 0 Å². The van der Waals surface area contributed by atoms with Gasteiger partial charge in [-0.15, -0.1) is 0 Å². The second-order valence-electron chi connectivity index (χ2n) is 29.7. The number of rotatable bonds is 48. The molecule has 13 rings (SSSR count). The molecule has 3 unspecified atom stereocenters. The SMILES string of the molecule is CCc1c(CNCC(NC(=O)c2ccc(OCc3ccccc3)c(OCc3ccccc3)c2)OCc2ccccc2)c(CC)c(CNCC(NC(=O)c2ccc(OCc3ccccc3)c(OCc3ccccc3)c2)OCc2ccccc2)c(CC)c1CNCC(NC(=O)c1ccc(OCc2ccccc2)c(OCc2ccccc2)c1)OCc1ccccc1. The van der Waals surface area contributed by atoms with E-state index < -0.39 is 18.7 Å². The Balaban J connectivity index is 0.798. The number of nitrogens with one attached hydrogen (secondary N) is 6. The first-order chi connectivity index (χ1) is 60.6. The highest BCUT2D eigenvalue weighted by Crippen LogP contribution is 2.36. The molecule has 18 heteroatoms. The highest BCUT2D eigenvalue weighted by atomic mass is 16.5. The van der Waals surface area contributed by atoms with E-state index >= 15 is 0 Å². The molecule has 0 heterocycles. The molecule has 0 aliphatic carbocycles. The maximum absolute atomic E-state index is 14.9. The van der Waals surface area contributed by atoms with Gasteiger partial charge < -0.3 is 74.5 Å². The Labute approximate surface area is 722 Å². The predicted molar refractivity (Wildman–Crippen MR) is 481 cm³/mol. The van der Waals surface area contributed by atoms with Crippen molar-refractivity contribution in [3.8, 4) is 34.5 Å². The van der Waals surface area contributed by atoms with Gasteiger partial charge in [-0.05, 0) is 157 Å². The molecule has 6 N–H and O–H groups in total. The third-order valence-corrected chi connectivity index (χ3v) is 20.9. The lowest BCUT2D eigenvalue weighted by Crippen LogP contribution is -2.44. The van der Waals surface area contributed by atoms with E-state index in [2.05, 4.69) is 52.7 Å². The van der Waals surface area contributed by atoms with Crippen molar-refractivity contribution in [1.29, 1.82) is 0 Å². The van der Waals surface area contributed by atoms with Crippen LogP contribution in [-0.2, 0) is 113 Å². The summed E-state index contributed by atoms with van der Waals surface area (Å²) < 4.78 is 58.6. The number of ether oxygens (including phenoxy) is 9. The minimum absolute atomic E-state index is 0.214. The summed E-state index contributed by atoms with van der Waals surface area (Å²) in [6.07, 6.45) is -0.474. The summed E-state index contributed by atoms with van der Waals surface area (Å²) in [4.78, 5) is 44.6. The average Bonchev–Trinajstić information content (AvgIpc) is 0.770. The fourth-order valence-electron chi connectivity index (χ4n) is 14.5. The van der Waals surface area contributed by atoms with Crippen molar-refractivity contribution >= 4 is 17.7 Å². The van der Waals surface area contributed by atoms with Crippen molar-refractivity contribution in [3.05, 3.63) is 428 Å². The highest BCUT2D eigenvalue weighted by molar-refractivity contribution is 5.96. The van der Waals surface area contributed by atoms with Crippen molar-refractivity contribution in [2.45, 2.75) is 138 Å². The van der Waals surface area contributed by atoms with Crippen LogP contribution in [0.3, 0.4) is 0 Å². The molecule has 13 aromatic rings. The Morgan fingerprint density at radius 2 is 0.415 bits per heavy atom. The molecule has 0 spiro atoms. The molecule has 0 aromatic heterocycles. The van der Waals surface area contributed by atoms with Gasteiger partial charge in [0.05, 0.1) is 19.8 Å². The van der Waals surface area contributed by atoms with Gasteiger partial charge in [0, 0.05) is 56.0 Å². The summed E-state index contributed by atoms with van der Waals surface area (Å²) in [5.41, 5.74) is 16.5. The van der Waals surface area contributed by atoms with Crippen molar-refractivity contribution < 1.29 is 57.0 Å². The smallest absolute Gasteiger partial charge is 0.253 e. The van der Waals surface area contributed by atoms with E-state index in [9.17, 15) is 14.4 Å². The molecule has 13 aromatic carbocycles. The van der Waals surface area contributed by atoms with Gasteiger partial charge in [0.2, 0.25) is 0 Å². The van der Waals surface area contributed by atoms with Gasteiger partial charge >= 0.3 is 0 Å². The van der Waals surface area contributed by atoms with Crippen LogP contribution in [0.4, 0.5) is 0 Å². The largest absolute Gasteiger partial charge is 0.485 e. The first-order valence-electron chi connectivity index (χ1n) is 42.2. The second kappa shape index (κ2) is 47.1. The van der Waals surface area contributed by atoms with Crippen LogP contribution in [-0.4, -0.2) is 56.0 Å². The first kappa shape index (κ1) is 87.6. The van der Waals surface area contributed by atoms with E-state index in [1.54, 1.807) is 54.6 Å². The Morgan fingerprint density at radius 3 is 0.610 bits per heavy atom. The number of carbonyl (C=O) groups is 3. The molecular formula is C105H108N6O12. The van der Waals surface area contributed by atoms with Crippen molar-refractivity contribution in [1.82, 2.24) is 31.9 Å². The van der Waals surface area contributed by atoms with Gasteiger partial charge in [0.1, 0.15) is 58.3 Å². The van der Waals surface area contributed by atoms with Crippen LogP contribution in [0.2, 0.25) is 0 Å². The van der Waals surface area contributed by atoms with Gasteiger partial charge in [-0.1, -0.05) is 294 Å². The Morgan fingerprint density at radius 1 is 0.228 bits per heavy atom. The third kappa shape index (κ3) is 26.9. The lowest BCUT2D eigenvalue weighted by atomic mass is 9.83. The minimum atomic E-state index is -0.822. The molecule has 0 bridgehead atoms. The Bertz CT molecular complexity index is 4840. The summed E-state index contributed by atoms with van der Waals surface area (Å²) in [6, 6.07) is 105. The number of benzene rings is 13. The lowest BCUT2D eigenvalue weighted by molar-refractivity contribution is 0.0175. The average molecular weight is 1650 g/mol. The summed E-state index contributed by atoms with van der Waals surface area (Å²) in [5.74, 6) is 1.66. The normalized spacial score (nSPS) is 11.8. The monoisotopic (exact) mass is 1640 g/mol. The molecule has 0 saturated carbocycles. The lowest BCUT2D eigenvalue weighted by Gasteiger charge is -2.28. The van der Waals surface area contributed by atoms with E-state index in [0.717, 1.165) is 83.5 Å². The molecule has 0 aliphatic heterocycles. The quantitative estimate of drug-likeness (QED) is 0.0196. The summed E-state index contributed by atoms with van der Waals surface area (Å²) in [5, 5.41) is 21.1.